The summed E-state index contributed by atoms with van der Waals surface area (Å²) >= 11 is 0. The third-order valence-corrected chi connectivity index (χ3v) is 1.58. The fourth-order valence-corrected chi connectivity index (χ4v) is 0.666. The Labute approximate surface area is 72.0 Å². The lowest BCUT2D eigenvalue weighted by molar-refractivity contribution is 0.518. The van der Waals surface area contributed by atoms with Gasteiger partial charge in [-0.1, -0.05) is 0 Å². The predicted molar refractivity (Wildman–Crippen MR) is 47.2 cm³/mol. The van der Waals surface area contributed by atoms with Crippen LogP contribution in [0, 0.1) is 0 Å². The van der Waals surface area contributed by atoms with Crippen LogP contribution in [0.2, 0.25) is 0 Å². The third-order valence-electron chi connectivity index (χ3n) is 1.58. The summed E-state index contributed by atoms with van der Waals surface area (Å²) < 4.78 is 0. The molecule has 0 saturated carbocycles. The summed E-state index contributed by atoms with van der Waals surface area (Å²) in [6.45, 7) is 2.02. The van der Waals surface area contributed by atoms with Crippen molar-refractivity contribution in [3.8, 4) is 0 Å². The average molecular weight is 164 g/mol. The molecule has 12 heavy (non-hydrogen) atoms. The molecule has 0 aliphatic rings. The van der Waals surface area contributed by atoms with Gasteiger partial charge in [0.05, 0.1) is 11.9 Å². The Kier molecular flexibility index (Phi) is 2.74. The van der Waals surface area contributed by atoms with E-state index in [2.05, 4.69) is 15.2 Å². The quantitative estimate of drug-likeness (QED) is 0.648. The second-order valence-corrected chi connectivity index (χ2v) is 2.71. The van der Waals surface area contributed by atoms with Crippen molar-refractivity contribution in [2.75, 3.05) is 14.1 Å². The maximum atomic E-state index is 4.02. The monoisotopic (exact) mass is 164 g/mol. The molecular weight excluding hydrogens is 152 g/mol. The SMILES string of the molecule is C/C(=C/c1cnncn1)N(C)C. The van der Waals surface area contributed by atoms with Crippen LogP contribution in [0.3, 0.4) is 0 Å². The van der Waals surface area contributed by atoms with Gasteiger partial charge in [0.1, 0.15) is 6.33 Å². The molecule has 1 aromatic rings. The van der Waals surface area contributed by atoms with Crippen LogP contribution in [-0.2, 0) is 0 Å². The Morgan fingerprint density at radius 3 is 2.67 bits per heavy atom. The van der Waals surface area contributed by atoms with E-state index in [1.165, 1.54) is 6.33 Å². The summed E-state index contributed by atoms with van der Waals surface area (Å²) in [5.74, 6) is 0. The first-order chi connectivity index (χ1) is 5.70. The standard InChI is InChI=1S/C8H12N4/c1-7(12(2)3)4-8-5-10-11-6-9-8/h4-6H,1-3H3/b7-4-. The highest BCUT2D eigenvalue weighted by Crippen LogP contribution is 2.02. The zero-order valence-corrected chi connectivity index (χ0v) is 7.52. The molecule has 0 spiro atoms. The second kappa shape index (κ2) is 3.80. The van der Waals surface area contributed by atoms with E-state index in [0.717, 1.165) is 11.4 Å². The molecule has 0 atom stereocenters. The molecule has 0 amide bonds. The molecule has 0 unspecified atom stereocenters. The van der Waals surface area contributed by atoms with Gasteiger partial charge in [0.15, 0.2) is 0 Å². The summed E-state index contributed by atoms with van der Waals surface area (Å²) in [5.41, 5.74) is 1.96. The number of aromatic nitrogens is 3. The maximum Gasteiger partial charge on any atom is 0.138 e. The molecule has 64 valence electrons. The molecule has 1 heterocycles. The molecule has 1 aromatic heterocycles. The van der Waals surface area contributed by atoms with Gasteiger partial charge in [-0.2, -0.15) is 5.10 Å². The number of nitrogens with zero attached hydrogens (tertiary/aromatic N) is 4. The fourth-order valence-electron chi connectivity index (χ4n) is 0.666. The lowest BCUT2D eigenvalue weighted by atomic mass is 10.3. The van der Waals surface area contributed by atoms with Crippen molar-refractivity contribution in [2.24, 2.45) is 0 Å². The molecule has 4 heteroatoms. The normalized spacial score (nSPS) is 11.4. The van der Waals surface area contributed by atoms with E-state index in [1.807, 2.05) is 32.0 Å². The zero-order chi connectivity index (χ0) is 8.97. The number of allylic oxidation sites excluding steroid dienone is 1. The van der Waals surface area contributed by atoms with E-state index in [-0.39, 0.29) is 0 Å². The molecular formula is C8H12N4. The second-order valence-electron chi connectivity index (χ2n) is 2.71. The fraction of sp³-hybridized carbons (Fsp3) is 0.375. The zero-order valence-electron chi connectivity index (χ0n) is 7.52. The Balaban J connectivity index is 2.81. The molecule has 0 bridgehead atoms. The molecule has 0 N–H and O–H groups in total. The van der Waals surface area contributed by atoms with Crippen molar-refractivity contribution >= 4 is 6.08 Å². The van der Waals surface area contributed by atoms with Crippen molar-refractivity contribution in [1.82, 2.24) is 20.1 Å². The minimum absolute atomic E-state index is 0.830. The van der Waals surface area contributed by atoms with Crippen molar-refractivity contribution in [3.63, 3.8) is 0 Å². The minimum atomic E-state index is 0.830. The molecule has 0 aliphatic heterocycles. The van der Waals surface area contributed by atoms with Gasteiger partial charge >= 0.3 is 0 Å². The molecule has 0 radical (unpaired) electrons. The maximum absolute atomic E-state index is 4.02. The number of hydrogen-bond acceptors (Lipinski definition) is 4. The largest absolute Gasteiger partial charge is 0.381 e. The van der Waals surface area contributed by atoms with Gasteiger partial charge in [-0.25, -0.2) is 4.98 Å². The third kappa shape index (κ3) is 2.30. The molecule has 0 aliphatic carbocycles. The molecule has 0 aromatic carbocycles. The van der Waals surface area contributed by atoms with Gasteiger partial charge in [-0.05, 0) is 13.0 Å². The topological polar surface area (TPSA) is 41.9 Å². The number of hydrogen-bond donors (Lipinski definition) is 0. The smallest absolute Gasteiger partial charge is 0.138 e. The van der Waals surface area contributed by atoms with Crippen LogP contribution in [0.5, 0.6) is 0 Å². The molecule has 4 nitrogen and oxygen atoms in total. The Bertz CT molecular complexity index is 266. The van der Waals surface area contributed by atoms with E-state index in [4.69, 9.17) is 0 Å². The first kappa shape index (κ1) is 8.64. The van der Waals surface area contributed by atoms with Gasteiger partial charge in [0, 0.05) is 19.8 Å². The van der Waals surface area contributed by atoms with E-state index in [0.29, 0.717) is 0 Å². The van der Waals surface area contributed by atoms with Gasteiger partial charge in [0.25, 0.3) is 0 Å². The highest BCUT2D eigenvalue weighted by atomic mass is 15.1. The first-order valence-corrected chi connectivity index (χ1v) is 3.68. The van der Waals surface area contributed by atoms with Crippen LogP contribution in [0.4, 0.5) is 0 Å². The van der Waals surface area contributed by atoms with Crippen molar-refractivity contribution in [3.05, 3.63) is 23.9 Å². The van der Waals surface area contributed by atoms with Crippen LogP contribution in [0.15, 0.2) is 18.2 Å². The summed E-state index contributed by atoms with van der Waals surface area (Å²) in [4.78, 5) is 6.04. The van der Waals surface area contributed by atoms with Gasteiger partial charge < -0.3 is 4.90 Å². The number of rotatable bonds is 2. The lowest BCUT2D eigenvalue weighted by Gasteiger charge is -2.11. The van der Waals surface area contributed by atoms with Crippen molar-refractivity contribution in [2.45, 2.75) is 6.92 Å². The highest BCUT2D eigenvalue weighted by Gasteiger charge is 1.92. The van der Waals surface area contributed by atoms with E-state index < -0.39 is 0 Å². The van der Waals surface area contributed by atoms with E-state index in [9.17, 15) is 0 Å². The van der Waals surface area contributed by atoms with E-state index >= 15 is 0 Å². The van der Waals surface area contributed by atoms with Crippen molar-refractivity contribution in [1.29, 1.82) is 0 Å². The van der Waals surface area contributed by atoms with Gasteiger partial charge in [-0.3, -0.25) is 0 Å². The average Bonchev–Trinajstić information content (AvgIpc) is 2.06. The summed E-state index contributed by atoms with van der Waals surface area (Å²) in [7, 11) is 3.97. The summed E-state index contributed by atoms with van der Waals surface area (Å²) in [6, 6.07) is 0. The van der Waals surface area contributed by atoms with Crippen LogP contribution in [0.1, 0.15) is 12.6 Å². The van der Waals surface area contributed by atoms with Crippen LogP contribution in [-0.4, -0.2) is 34.2 Å². The molecule has 1 rings (SSSR count). The summed E-state index contributed by atoms with van der Waals surface area (Å²) in [6.07, 6.45) is 5.02. The van der Waals surface area contributed by atoms with Gasteiger partial charge in [0.2, 0.25) is 0 Å². The molecule has 0 fully saturated rings. The highest BCUT2D eigenvalue weighted by molar-refractivity contribution is 5.45. The first-order valence-electron chi connectivity index (χ1n) is 3.68. The van der Waals surface area contributed by atoms with Crippen LogP contribution < -0.4 is 0 Å². The lowest BCUT2D eigenvalue weighted by Crippen LogP contribution is -2.07. The van der Waals surface area contributed by atoms with Crippen molar-refractivity contribution < 1.29 is 0 Å². The van der Waals surface area contributed by atoms with E-state index in [1.54, 1.807) is 6.20 Å². The Hall–Kier alpha value is -1.45. The van der Waals surface area contributed by atoms with Gasteiger partial charge in [-0.15, -0.1) is 5.10 Å². The van der Waals surface area contributed by atoms with Crippen LogP contribution in [0.25, 0.3) is 6.08 Å². The molecule has 0 saturated heterocycles. The Morgan fingerprint density at radius 2 is 2.17 bits per heavy atom. The summed E-state index contributed by atoms with van der Waals surface area (Å²) in [5, 5.41) is 7.32. The van der Waals surface area contributed by atoms with Crippen LogP contribution >= 0.6 is 0 Å². The Morgan fingerprint density at radius 1 is 1.42 bits per heavy atom. The predicted octanol–water partition coefficient (Wildman–Crippen LogP) is 0.794. The minimum Gasteiger partial charge on any atom is -0.381 e.